The molecule has 2 aromatic rings. The standard InChI is InChI=1S/C13H17N3O/c1-16-10(7-8-14)9-12(15-16)11-5-3-4-6-13(11)17-2/h3-6,9H,7-8,14H2,1-2H3. The van der Waals surface area contributed by atoms with Gasteiger partial charge in [-0.2, -0.15) is 5.10 Å². The first-order valence-corrected chi connectivity index (χ1v) is 5.62. The highest BCUT2D eigenvalue weighted by molar-refractivity contribution is 5.67. The van der Waals surface area contributed by atoms with Crippen LogP contribution in [0.25, 0.3) is 11.3 Å². The normalized spacial score (nSPS) is 10.5. The summed E-state index contributed by atoms with van der Waals surface area (Å²) in [5.74, 6) is 0.838. The number of aryl methyl sites for hydroxylation is 1. The number of hydrogen-bond acceptors (Lipinski definition) is 3. The molecule has 0 spiro atoms. The summed E-state index contributed by atoms with van der Waals surface area (Å²) in [6.45, 7) is 0.630. The third-order valence-electron chi connectivity index (χ3n) is 2.76. The second-order valence-electron chi connectivity index (χ2n) is 3.88. The van der Waals surface area contributed by atoms with Crippen molar-refractivity contribution in [2.45, 2.75) is 6.42 Å². The van der Waals surface area contributed by atoms with E-state index in [1.165, 1.54) is 0 Å². The minimum absolute atomic E-state index is 0.630. The molecule has 4 heteroatoms. The Balaban J connectivity index is 2.42. The topological polar surface area (TPSA) is 53.1 Å². The third-order valence-corrected chi connectivity index (χ3v) is 2.76. The van der Waals surface area contributed by atoms with Crippen LogP contribution in [0.4, 0.5) is 0 Å². The average molecular weight is 231 g/mol. The lowest BCUT2D eigenvalue weighted by Gasteiger charge is -2.04. The van der Waals surface area contributed by atoms with Crippen LogP contribution in [-0.2, 0) is 13.5 Å². The number of ether oxygens (including phenoxy) is 1. The van der Waals surface area contributed by atoms with E-state index in [-0.39, 0.29) is 0 Å². The second-order valence-corrected chi connectivity index (χ2v) is 3.88. The molecule has 1 heterocycles. The van der Waals surface area contributed by atoms with E-state index in [0.29, 0.717) is 6.54 Å². The molecule has 0 aliphatic carbocycles. The maximum absolute atomic E-state index is 5.57. The number of hydrogen-bond donors (Lipinski definition) is 1. The van der Waals surface area contributed by atoms with Crippen LogP contribution in [0.3, 0.4) is 0 Å². The van der Waals surface area contributed by atoms with Crippen LogP contribution in [0, 0.1) is 0 Å². The molecule has 4 nitrogen and oxygen atoms in total. The molecule has 90 valence electrons. The van der Waals surface area contributed by atoms with Gasteiger partial charge in [0.1, 0.15) is 5.75 Å². The number of benzene rings is 1. The largest absolute Gasteiger partial charge is 0.496 e. The van der Waals surface area contributed by atoms with Crippen molar-refractivity contribution in [1.82, 2.24) is 9.78 Å². The Bertz CT molecular complexity index is 505. The molecule has 0 saturated heterocycles. The summed E-state index contributed by atoms with van der Waals surface area (Å²) in [5.41, 5.74) is 8.63. The van der Waals surface area contributed by atoms with Crippen molar-refractivity contribution in [3.63, 3.8) is 0 Å². The zero-order valence-corrected chi connectivity index (χ0v) is 10.2. The van der Waals surface area contributed by atoms with Crippen molar-refractivity contribution in [2.75, 3.05) is 13.7 Å². The van der Waals surface area contributed by atoms with Crippen LogP contribution in [0.1, 0.15) is 5.69 Å². The Morgan fingerprint density at radius 1 is 1.35 bits per heavy atom. The van der Waals surface area contributed by atoms with E-state index >= 15 is 0 Å². The van der Waals surface area contributed by atoms with Crippen LogP contribution < -0.4 is 10.5 Å². The van der Waals surface area contributed by atoms with Gasteiger partial charge < -0.3 is 10.5 Å². The Kier molecular flexibility index (Phi) is 3.44. The maximum Gasteiger partial charge on any atom is 0.128 e. The van der Waals surface area contributed by atoms with E-state index in [2.05, 4.69) is 11.2 Å². The van der Waals surface area contributed by atoms with Crippen LogP contribution in [0.2, 0.25) is 0 Å². The van der Waals surface area contributed by atoms with Gasteiger partial charge in [-0.15, -0.1) is 0 Å². The first-order valence-electron chi connectivity index (χ1n) is 5.62. The van der Waals surface area contributed by atoms with Gasteiger partial charge in [0.25, 0.3) is 0 Å². The fraction of sp³-hybridized carbons (Fsp3) is 0.308. The molecule has 0 saturated carbocycles. The molecule has 0 atom stereocenters. The first-order chi connectivity index (χ1) is 8.26. The zero-order valence-electron chi connectivity index (χ0n) is 10.2. The summed E-state index contributed by atoms with van der Waals surface area (Å²) in [5, 5.41) is 4.49. The van der Waals surface area contributed by atoms with Crippen LogP contribution in [0.15, 0.2) is 30.3 Å². The third kappa shape index (κ3) is 2.31. The summed E-state index contributed by atoms with van der Waals surface area (Å²) in [6, 6.07) is 9.94. The number of nitrogens with zero attached hydrogens (tertiary/aromatic N) is 2. The SMILES string of the molecule is COc1ccccc1-c1cc(CCN)n(C)n1. The van der Waals surface area contributed by atoms with E-state index < -0.39 is 0 Å². The second kappa shape index (κ2) is 5.01. The lowest BCUT2D eigenvalue weighted by atomic mass is 10.1. The molecule has 1 aromatic heterocycles. The molecule has 0 radical (unpaired) electrons. The van der Waals surface area contributed by atoms with Gasteiger partial charge >= 0.3 is 0 Å². The molecule has 0 unspecified atom stereocenters. The fourth-order valence-corrected chi connectivity index (χ4v) is 1.88. The van der Waals surface area contributed by atoms with Gasteiger partial charge in [0.15, 0.2) is 0 Å². The fourth-order valence-electron chi connectivity index (χ4n) is 1.88. The van der Waals surface area contributed by atoms with Gasteiger partial charge in [-0.1, -0.05) is 12.1 Å². The van der Waals surface area contributed by atoms with Gasteiger partial charge in [0.05, 0.1) is 12.8 Å². The van der Waals surface area contributed by atoms with Crippen LogP contribution >= 0.6 is 0 Å². The van der Waals surface area contributed by atoms with Crippen LogP contribution in [-0.4, -0.2) is 23.4 Å². The molecular formula is C13H17N3O. The molecule has 0 aliphatic rings. The quantitative estimate of drug-likeness (QED) is 0.869. The van der Waals surface area contributed by atoms with E-state index in [0.717, 1.165) is 29.1 Å². The van der Waals surface area contributed by atoms with Crippen molar-refractivity contribution in [2.24, 2.45) is 12.8 Å². The molecule has 0 amide bonds. The molecular weight excluding hydrogens is 214 g/mol. The minimum Gasteiger partial charge on any atom is -0.496 e. The predicted octanol–water partition coefficient (Wildman–Crippen LogP) is 1.60. The van der Waals surface area contributed by atoms with Crippen molar-refractivity contribution in [1.29, 1.82) is 0 Å². The van der Waals surface area contributed by atoms with E-state index in [9.17, 15) is 0 Å². The average Bonchev–Trinajstić information content (AvgIpc) is 2.71. The summed E-state index contributed by atoms with van der Waals surface area (Å²) in [6.07, 6.45) is 0.832. The molecule has 0 bridgehead atoms. The van der Waals surface area contributed by atoms with Crippen molar-refractivity contribution >= 4 is 0 Å². The number of methoxy groups -OCH3 is 1. The van der Waals surface area contributed by atoms with Crippen molar-refractivity contribution < 1.29 is 4.74 Å². The minimum atomic E-state index is 0.630. The van der Waals surface area contributed by atoms with Gasteiger partial charge in [0.2, 0.25) is 0 Å². The smallest absolute Gasteiger partial charge is 0.128 e. The molecule has 2 N–H and O–H groups in total. The van der Waals surface area contributed by atoms with Gasteiger partial charge in [-0.25, -0.2) is 0 Å². The Morgan fingerprint density at radius 3 is 2.82 bits per heavy atom. The maximum atomic E-state index is 5.57. The Hall–Kier alpha value is -1.81. The Morgan fingerprint density at radius 2 is 2.12 bits per heavy atom. The van der Waals surface area contributed by atoms with Gasteiger partial charge in [0, 0.05) is 24.7 Å². The highest BCUT2D eigenvalue weighted by Gasteiger charge is 2.10. The van der Waals surface area contributed by atoms with E-state index in [1.807, 2.05) is 36.0 Å². The summed E-state index contributed by atoms with van der Waals surface area (Å²) < 4.78 is 7.20. The monoisotopic (exact) mass is 231 g/mol. The lowest BCUT2D eigenvalue weighted by molar-refractivity contribution is 0.416. The number of para-hydroxylation sites is 1. The number of aromatic nitrogens is 2. The van der Waals surface area contributed by atoms with Gasteiger partial charge in [-0.05, 0) is 24.7 Å². The van der Waals surface area contributed by atoms with Gasteiger partial charge in [-0.3, -0.25) is 4.68 Å². The Labute approximate surface area is 101 Å². The molecule has 0 fully saturated rings. The molecule has 17 heavy (non-hydrogen) atoms. The molecule has 1 aromatic carbocycles. The van der Waals surface area contributed by atoms with Crippen molar-refractivity contribution in [3.8, 4) is 17.0 Å². The molecule has 0 aliphatic heterocycles. The number of nitrogens with two attached hydrogens (primary N) is 1. The highest BCUT2D eigenvalue weighted by atomic mass is 16.5. The van der Waals surface area contributed by atoms with E-state index in [1.54, 1.807) is 7.11 Å². The lowest BCUT2D eigenvalue weighted by Crippen LogP contribution is -2.06. The first kappa shape index (κ1) is 11.7. The zero-order chi connectivity index (χ0) is 12.3. The molecule has 2 rings (SSSR count). The highest BCUT2D eigenvalue weighted by Crippen LogP contribution is 2.28. The predicted molar refractivity (Wildman–Crippen MR) is 68.0 cm³/mol. The summed E-state index contributed by atoms with van der Waals surface area (Å²) in [4.78, 5) is 0. The van der Waals surface area contributed by atoms with E-state index in [4.69, 9.17) is 10.5 Å². The number of rotatable bonds is 4. The summed E-state index contributed by atoms with van der Waals surface area (Å²) >= 11 is 0. The van der Waals surface area contributed by atoms with Crippen molar-refractivity contribution in [3.05, 3.63) is 36.0 Å². The van der Waals surface area contributed by atoms with Crippen LogP contribution in [0.5, 0.6) is 5.75 Å². The summed E-state index contributed by atoms with van der Waals surface area (Å²) in [7, 11) is 3.60.